The average molecular weight is 248 g/mol. The molecule has 1 rings (SSSR count). The van der Waals surface area contributed by atoms with E-state index >= 15 is 0 Å². The van der Waals surface area contributed by atoms with E-state index in [0.717, 1.165) is 0 Å². The van der Waals surface area contributed by atoms with Gasteiger partial charge in [-0.15, -0.1) is 0 Å². The number of hydrogen-bond donors (Lipinski definition) is 1. The van der Waals surface area contributed by atoms with Crippen LogP contribution in [0.15, 0.2) is 18.2 Å². The van der Waals surface area contributed by atoms with Crippen LogP contribution in [0.25, 0.3) is 0 Å². The zero-order chi connectivity index (χ0) is 11.5. The summed E-state index contributed by atoms with van der Waals surface area (Å²) in [5, 5.41) is 0.526. The lowest BCUT2D eigenvalue weighted by Gasteiger charge is -2.17. The highest BCUT2D eigenvalue weighted by atomic mass is 35.5. The summed E-state index contributed by atoms with van der Waals surface area (Å²) in [4.78, 5) is 0. The number of rotatable bonds is 4. The predicted molar refractivity (Wildman–Crippen MR) is 65.2 cm³/mol. The second-order valence-electron chi connectivity index (χ2n) is 3.22. The summed E-state index contributed by atoms with van der Waals surface area (Å²) in [5.41, 5.74) is 6.16. The smallest absolute Gasteiger partial charge is 0.247 e. The molecule has 0 aromatic heterocycles. The van der Waals surface area contributed by atoms with Crippen LogP contribution in [-0.4, -0.2) is 12.3 Å². The SMILES string of the molecule is CCP(=O)(CC)Oc1cc(Cl)ccc1N. The molecule has 0 unspecified atom stereocenters. The summed E-state index contributed by atoms with van der Waals surface area (Å²) >= 11 is 5.81. The van der Waals surface area contributed by atoms with E-state index < -0.39 is 7.37 Å². The standard InChI is InChI=1S/C10H15ClNO2P/c1-3-15(13,4-2)14-10-7-8(11)5-6-9(10)12/h5-7H,3-4,12H2,1-2H3. The zero-order valence-corrected chi connectivity index (χ0v) is 10.5. The molecular formula is C10H15ClNO2P. The topological polar surface area (TPSA) is 52.3 Å². The summed E-state index contributed by atoms with van der Waals surface area (Å²) in [6.45, 7) is 3.68. The molecule has 0 saturated carbocycles. The molecule has 2 N–H and O–H groups in total. The van der Waals surface area contributed by atoms with Crippen LogP contribution in [0.2, 0.25) is 5.02 Å². The van der Waals surface area contributed by atoms with Crippen molar-refractivity contribution in [3.8, 4) is 5.75 Å². The molecule has 0 radical (unpaired) electrons. The Morgan fingerprint density at radius 3 is 2.53 bits per heavy atom. The maximum absolute atomic E-state index is 12.1. The highest BCUT2D eigenvalue weighted by Crippen LogP contribution is 2.47. The third-order valence-corrected chi connectivity index (χ3v) is 4.90. The van der Waals surface area contributed by atoms with Crippen molar-refractivity contribution in [2.45, 2.75) is 13.8 Å². The first-order valence-electron chi connectivity index (χ1n) is 4.83. The van der Waals surface area contributed by atoms with Gasteiger partial charge in [-0.3, -0.25) is 4.57 Å². The van der Waals surface area contributed by atoms with Gasteiger partial charge < -0.3 is 10.3 Å². The Morgan fingerprint density at radius 1 is 1.40 bits per heavy atom. The van der Waals surface area contributed by atoms with Crippen molar-refractivity contribution >= 4 is 24.7 Å². The lowest BCUT2D eigenvalue weighted by Crippen LogP contribution is -2.00. The van der Waals surface area contributed by atoms with E-state index in [4.69, 9.17) is 21.9 Å². The van der Waals surface area contributed by atoms with Gasteiger partial charge in [-0.1, -0.05) is 25.4 Å². The second kappa shape index (κ2) is 4.91. The second-order valence-corrected chi connectivity index (χ2v) is 6.73. The van der Waals surface area contributed by atoms with Gasteiger partial charge in [0.2, 0.25) is 7.37 Å². The van der Waals surface area contributed by atoms with Crippen LogP contribution in [-0.2, 0) is 4.57 Å². The van der Waals surface area contributed by atoms with Crippen molar-refractivity contribution in [2.75, 3.05) is 18.1 Å². The molecule has 0 fully saturated rings. The number of nitrogens with two attached hydrogens (primary N) is 1. The first kappa shape index (κ1) is 12.4. The van der Waals surface area contributed by atoms with Crippen molar-refractivity contribution in [3.63, 3.8) is 0 Å². The summed E-state index contributed by atoms with van der Waals surface area (Å²) in [5.74, 6) is 0.412. The minimum Gasteiger partial charge on any atom is -0.441 e. The van der Waals surface area contributed by atoms with Crippen molar-refractivity contribution in [1.82, 2.24) is 0 Å². The average Bonchev–Trinajstić information content (AvgIpc) is 2.23. The van der Waals surface area contributed by atoms with Crippen LogP contribution in [0.4, 0.5) is 5.69 Å². The molecule has 3 nitrogen and oxygen atoms in total. The number of benzene rings is 1. The predicted octanol–water partition coefficient (Wildman–Crippen LogP) is 3.62. The minimum absolute atomic E-state index is 0.412. The van der Waals surface area contributed by atoms with Crippen LogP contribution in [0.5, 0.6) is 5.75 Å². The first-order valence-corrected chi connectivity index (χ1v) is 7.20. The van der Waals surface area contributed by atoms with Crippen LogP contribution in [0, 0.1) is 0 Å². The van der Waals surface area contributed by atoms with E-state index in [2.05, 4.69) is 0 Å². The summed E-state index contributed by atoms with van der Waals surface area (Å²) < 4.78 is 17.5. The van der Waals surface area contributed by atoms with Gasteiger partial charge in [-0.2, -0.15) is 0 Å². The molecular weight excluding hydrogens is 233 g/mol. The highest BCUT2D eigenvalue weighted by Gasteiger charge is 2.20. The molecule has 1 aromatic carbocycles. The van der Waals surface area contributed by atoms with E-state index in [0.29, 0.717) is 28.8 Å². The van der Waals surface area contributed by atoms with Gasteiger partial charge in [0.1, 0.15) is 0 Å². The summed E-state index contributed by atoms with van der Waals surface area (Å²) in [6.07, 6.45) is 0.991. The Hall–Kier alpha value is -0.660. The highest BCUT2D eigenvalue weighted by molar-refractivity contribution is 7.59. The van der Waals surface area contributed by atoms with Gasteiger partial charge in [0.05, 0.1) is 5.69 Å². The van der Waals surface area contributed by atoms with Gasteiger partial charge >= 0.3 is 0 Å². The van der Waals surface area contributed by atoms with Crippen LogP contribution >= 0.6 is 19.0 Å². The Kier molecular flexibility index (Phi) is 4.06. The fraction of sp³-hybridized carbons (Fsp3) is 0.400. The largest absolute Gasteiger partial charge is 0.441 e. The van der Waals surface area contributed by atoms with E-state index in [-0.39, 0.29) is 0 Å². The molecule has 0 spiro atoms. The van der Waals surface area contributed by atoms with Gasteiger partial charge in [0, 0.05) is 23.4 Å². The summed E-state index contributed by atoms with van der Waals surface area (Å²) in [7, 11) is -2.59. The molecule has 0 amide bonds. The lowest BCUT2D eigenvalue weighted by molar-refractivity contribution is 0.485. The molecule has 84 valence electrons. The van der Waals surface area contributed by atoms with Crippen LogP contribution in [0.3, 0.4) is 0 Å². The Bertz CT molecular complexity index is 387. The van der Waals surface area contributed by atoms with E-state index in [1.165, 1.54) is 0 Å². The molecule has 15 heavy (non-hydrogen) atoms. The third kappa shape index (κ3) is 3.15. The number of anilines is 1. The molecule has 0 aliphatic heterocycles. The van der Waals surface area contributed by atoms with E-state index in [1.807, 2.05) is 13.8 Å². The zero-order valence-electron chi connectivity index (χ0n) is 8.87. The third-order valence-electron chi connectivity index (χ3n) is 2.20. The molecule has 0 bridgehead atoms. The van der Waals surface area contributed by atoms with E-state index in [9.17, 15) is 4.57 Å². The fourth-order valence-electron chi connectivity index (χ4n) is 1.12. The Labute approximate surface area is 95.0 Å². The van der Waals surface area contributed by atoms with Crippen molar-refractivity contribution in [2.24, 2.45) is 0 Å². The Balaban J connectivity index is 2.98. The first-order chi connectivity index (χ1) is 7.00. The van der Waals surface area contributed by atoms with Gasteiger partial charge in [0.25, 0.3) is 0 Å². The summed E-state index contributed by atoms with van der Waals surface area (Å²) in [6, 6.07) is 4.91. The van der Waals surface area contributed by atoms with Crippen LogP contribution < -0.4 is 10.3 Å². The molecule has 0 aliphatic rings. The van der Waals surface area contributed by atoms with E-state index in [1.54, 1.807) is 18.2 Å². The minimum atomic E-state index is -2.59. The molecule has 5 heteroatoms. The van der Waals surface area contributed by atoms with Crippen molar-refractivity contribution < 1.29 is 9.09 Å². The molecule has 1 aromatic rings. The van der Waals surface area contributed by atoms with Crippen molar-refractivity contribution in [3.05, 3.63) is 23.2 Å². The number of nitrogen functional groups attached to an aromatic ring is 1. The maximum Gasteiger partial charge on any atom is 0.247 e. The molecule has 0 heterocycles. The number of hydrogen-bond acceptors (Lipinski definition) is 3. The Morgan fingerprint density at radius 2 is 2.00 bits per heavy atom. The van der Waals surface area contributed by atoms with Gasteiger partial charge in [-0.05, 0) is 12.1 Å². The maximum atomic E-state index is 12.1. The molecule has 0 atom stereocenters. The van der Waals surface area contributed by atoms with Gasteiger partial charge in [0.15, 0.2) is 5.75 Å². The monoisotopic (exact) mass is 247 g/mol. The molecule has 0 saturated heterocycles. The molecule has 0 aliphatic carbocycles. The number of halogens is 1. The van der Waals surface area contributed by atoms with Crippen molar-refractivity contribution in [1.29, 1.82) is 0 Å². The normalized spacial score (nSPS) is 11.4. The van der Waals surface area contributed by atoms with Crippen LogP contribution in [0.1, 0.15) is 13.8 Å². The lowest BCUT2D eigenvalue weighted by atomic mass is 10.3. The fourth-order valence-corrected chi connectivity index (χ4v) is 2.50. The van der Waals surface area contributed by atoms with Gasteiger partial charge in [-0.25, -0.2) is 0 Å². The quantitative estimate of drug-likeness (QED) is 0.653.